The van der Waals surface area contributed by atoms with Crippen LogP contribution in [0.2, 0.25) is 0 Å². The van der Waals surface area contributed by atoms with E-state index in [4.69, 9.17) is 5.73 Å². The lowest BCUT2D eigenvalue weighted by atomic mass is 10.3. The van der Waals surface area contributed by atoms with Gasteiger partial charge in [-0.2, -0.15) is 0 Å². The lowest BCUT2D eigenvalue weighted by Crippen LogP contribution is -1.95. The summed E-state index contributed by atoms with van der Waals surface area (Å²) in [6.45, 7) is 1.57. The molecule has 3 nitrogen and oxygen atoms in total. The van der Waals surface area contributed by atoms with Crippen LogP contribution >= 0.6 is 0 Å². The van der Waals surface area contributed by atoms with Crippen molar-refractivity contribution in [2.24, 2.45) is 5.73 Å². The fraction of sp³-hybridized carbons (Fsp3) is 0.100. The fourth-order valence-corrected chi connectivity index (χ4v) is 0.952. The molecule has 1 aromatic rings. The zero-order valence-electron chi connectivity index (χ0n) is 8.19. The summed E-state index contributed by atoms with van der Waals surface area (Å²) < 4.78 is 26.7. The summed E-state index contributed by atoms with van der Waals surface area (Å²) in [6, 6.07) is 0. The summed E-state index contributed by atoms with van der Waals surface area (Å²) in [4.78, 5) is 3.78. The summed E-state index contributed by atoms with van der Waals surface area (Å²) in [7, 11) is 0. The second-order valence-electron chi connectivity index (χ2n) is 2.84. The maximum absolute atomic E-state index is 13.5. The van der Waals surface area contributed by atoms with E-state index in [1.807, 2.05) is 0 Å². The van der Waals surface area contributed by atoms with Gasteiger partial charge in [-0.15, -0.1) is 0 Å². The van der Waals surface area contributed by atoms with Crippen molar-refractivity contribution < 1.29 is 8.78 Å². The van der Waals surface area contributed by atoms with Gasteiger partial charge in [-0.05, 0) is 19.1 Å². The quantitative estimate of drug-likeness (QED) is 0.780. The molecular formula is C10H11F2N3. The Morgan fingerprint density at radius 3 is 2.80 bits per heavy atom. The van der Waals surface area contributed by atoms with Crippen LogP contribution in [0.3, 0.4) is 0 Å². The van der Waals surface area contributed by atoms with E-state index in [9.17, 15) is 8.78 Å². The Labute approximate surface area is 86.2 Å². The molecule has 0 bridgehead atoms. The van der Waals surface area contributed by atoms with Crippen LogP contribution in [0.5, 0.6) is 0 Å². The maximum atomic E-state index is 13.5. The molecule has 15 heavy (non-hydrogen) atoms. The minimum Gasteiger partial charge on any atom is -0.399 e. The van der Waals surface area contributed by atoms with E-state index >= 15 is 0 Å². The number of rotatable bonds is 3. The van der Waals surface area contributed by atoms with Gasteiger partial charge in [0.2, 0.25) is 0 Å². The summed E-state index contributed by atoms with van der Waals surface area (Å²) >= 11 is 0. The normalized spacial score (nSPS) is 14.5. The Bertz CT molecular complexity index is 402. The third kappa shape index (κ3) is 3.05. The van der Waals surface area contributed by atoms with Gasteiger partial charge in [0.15, 0.2) is 0 Å². The minimum absolute atomic E-state index is 0.00876. The molecule has 0 saturated heterocycles. The predicted octanol–water partition coefficient (Wildman–Crippen LogP) is 2.37. The highest BCUT2D eigenvalue weighted by Gasteiger charge is 2.00. The average molecular weight is 211 g/mol. The van der Waals surface area contributed by atoms with Crippen molar-refractivity contribution in [1.82, 2.24) is 9.55 Å². The summed E-state index contributed by atoms with van der Waals surface area (Å²) in [5.74, 6) is -0.538. The molecule has 1 rings (SSSR count). The van der Waals surface area contributed by atoms with Gasteiger partial charge in [-0.1, -0.05) is 0 Å². The molecule has 80 valence electrons. The van der Waals surface area contributed by atoms with Gasteiger partial charge in [-0.3, -0.25) is 0 Å². The number of hydrogen-bond donors (Lipinski definition) is 1. The Balaban J connectivity index is 2.96. The van der Waals surface area contributed by atoms with E-state index in [0.717, 1.165) is 12.2 Å². The highest BCUT2D eigenvalue weighted by atomic mass is 19.1. The Morgan fingerprint density at radius 1 is 1.53 bits per heavy atom. The molecule has 0 aliphatic carbocycles. The first-order valence-electron chi connectivity index (χ1n) is 4.23. The fourth-order valence-electron chi connectivity index (χ4n) is 0.952. The zero-order valence-corrected chi connectivity index (χ0v) is 8.19. The standard InChI is InChI=1S/C10H11F2N3/c1-8(15-5-4-14-7-15)10(12)6-9(13)2-3-11/h2-7H,13H2,1H3/b3-2+,9-6+,10-8-. The molecular weight excluding hydrogens is 200 g/mol. The lowest BCUT2D eigenvalue weighted by Gasteiger charge is -2.02. The van der Waals surface area contributed by atoms with E-state index in [-0.39, 0.29) is 12.0 Å². The van der Waals surface area contributed by atoms with Crippen LogP contribution in [0.1, 0.15) is 6.92 Å². The number of nitrogens with zero attached hydrogens (tertiary/aromatic N) is 2. The summed E-state index contributed by atoms with van der Waals surface area (Å²) in [5.41, 5.74) is 5.66. The van der Waals surface area contributed by atoms with Crippen LogP contribution in [0, 0.1) is 0 Å². The van der Waals surface area contributed by atoms with Crippen molar-refractivity contribution in [1.29, 1.82) is 0 Å². The van der Waals surface area contributed by atoms with Gasteiger partial charge in [0.1, 0.15) is 5.83 Å². The van der Waals surface area contributed by atoms with Crippen LogP contribution < -0.4 is 5.73 Å². The largest absolute Gasteiger partial charge is 0.399 e. The average Bonchev–Trinajstić information content (AvgIpc) is 2.69. The van der Waals surface area contributed by atoms with Gasteiger partial charge >= 0.3 is 0 Å². The molecule has 1 heterocycles. The zero-order chi connectivity index (χ0) is 11.3. The Morgan fingerprint density at radius 2 is 2.27 bits per heavy atom. The lowest BCUT2D eigenvalue weighted by molar-refractivity contribution is 0.659. The van der Waals surface area contributed by atoms with Crippen molar-refractivity contribution in [3.8, 4) is 0 Å². The highest BCUT2D eigenvalue weighted by molar-refractivity contribution is 5.50. The molecule has 0 radical (unpaired) electrons. The van der Waals surface area contributed by atoms with E-state index in [1.54, 1.807) is 13.1 Å². The molecule has 0 aliphatic rings. The van der Waals surface area contributed by atoms with Gasteiger partial charge in [-0.25, -0.2) is 13.8 Å². The van der Waals surface area contributed by atoms with E-state index in [0.29, 0.717) is 5.70 Å². The van der Waals surface area contributed by atoms with Crippen molar-refractivity contribution in [2.45, 2.75) is 6.92 Å². The molecule has 0 aliphatic heterocycles. The van der Waals surface area contributed by atoms with Gasteiger partial charge in [0.05, 0.1) is 18.4 Å². The molecule has 0 fully saturated rings. The first-order chi connectivity index (χ1) is 7.15. The number of aromatic nitrogens is 2. The number of nitrogens with two attached hydrogens (primary N) is 1. The number of imidazole rings is 1. The van der Waals surface area contributed by atoms with E-state index < -0.39 is 5.83 Å². The second kappa shape index (κ2) is 5.09. The maximum Gasteiger partial charge on any atom is 0.144 e. The smallest absolute Gasteiger partial charge is 0.144 e. The first-order valence-corrected chi connectivity index (χ1v) is 4.23. The van der Waals surface area contributed by atoms with Crippen LogP contribution in [0.4, 0.5) is 8.78 Å². The molecule has 0 unspecified atom stereocenters. The number of hydrogen-bond acceptors (Lipinski definition) is 2. The van der Waals surface area contributed by atoms with Gasteiger partial charge < -0.3 is 10.3 Å². The van der Waals surface area contributed by atoms with Crippen molar-refractivity contribution in [3.05, 3.63) is 48.7 Å². The first kappa shape index (κ1) is 11.2. The Kier molecular flexibility index (Phi) is 3.79. The Hall–Kier alpha value is -1.91. The molecule has 0 saturated carbocycles. The van der Waals surface area contributed by atoms with Crippen LogP contribution in [0.15, 0.2) is 48.7 Å². The molecule has 0 amide bonds. The SMILES string of the molecule is C\C(=C(F)/C=C(N)\C=C\F)n1ccnc1. The van der Waals surface area contributed by atoms with E-state index in [1.165, 1.54) is 17.1 Å². The number of allylic oxidation sites excluding steroid dienone is 4. The topological polar surface area (TPSA) is 43.8 Å². The van der Waals surface area contributed by atoms with Crippen molar-refractivity contribution in [3.63, 3.8) is 0 Å². The van der Waals surface area contributed by atoms with Gasteiger partial charge in [0, 0.05) is 18.1 Å². The van der Waals surface area contributed by atoms with Crippen molar-refractivity contribution >= 4 is 5.70 Å². The molecule has 0 atom stereocenters. The molecule has 0 aromatic carbocycles. The highest BCUT2D eigenvalue weighted by Crippen LogP contribution is 2.13. The molecule has 0 spiro atoms. The number of halogens is 2. The molecule has 5 heteroatoms. The van der Waals surface area contributed by atoms with Crippen LogP contribution in [-0.4, -0.2) is 9.55 Å². The minimum atomic E-state index is -0.538. The van der Waals surface area contributed by atoms with Crippen molar-refractivity contribution in [2.75, 3.05) is 0 Å². The molecule has 2 N–H and O–H groups in total. The third-order valence-electron chi connectivity index (χ3n) is 1.79. The summed E-state index contributed by atoms with van der Waals surface area (Å²) in [5, 5.41) is 0. The monoisotopic (exact) mass is 211 g/mol. The van der Waals surface area contributed by atoms with E-state index in [2.05, 4.69) is 4.98 Å². The second-order valence-corrected chi connectivity index (χ2v) is 2.84. The van der Waals surface area contributed by atoms with Crippen LogP contribution in [-0.2, 0) is 0 Å². The van der Waals surface area contributed by atoms with Crippen LogP contribution in [0.25, 0.3) is 5.70 Å². The predicted molar refractivity (Wildman–Crippen MR) is 54.7 cm³/mol. The molecule has 1 aromatic heterocycles. The summed E-state index contributed by atoms with van der Waals surface area (Å²) in [6.07, 6.45) is 6.87. The third-order valence-corrected chi connectivity index (χ3v) is 1.79. The van der Waals surface area contributed by atoms with Gasteiger partial charge in [0.25, 0.3) is 0 Å².